The molecule has 82 valence electrons. The molecule has 1 aromatic rings. The van der Waals surface area contributed by atoms with E-state index in [2.05, 4.69) is 23.0 Å². The summed E-state index contributed by atoms with van der Waals surface area (Å²) in [6, 6.07) is 10.2. The largest absolute Gasteiger partial charge is 0.368 e. The number of anilines is 1. The summed E-state index contributed by atoms with van der Waals surface area (Å²) in [5.74, 6) is 1.96. The highest BCUT2D eigenvalue weighted by Gasteiger charge is 2.19. The van der Waals surface area contributed by atoms with E-state index in [1.807, 2.05) is 18.2 Å². The summed E-state index contributed by atoms with van der Waals surface area (Å²) in [5.41, 5.74) is 1.20. The van der Waals surface area contributed by atoms with Gasteiger partial charge in [0.05, 0.1) is 0 Å². The van der Waals surface area contributed by atoms with Gasteiger partial charge in [0.15, 0.2) is 0 Å². The number of piperazine rings is 1. The summed E-state index contributed by atoms with van der Waals surface area (Å²) in [6.07, 6.45) is 5.09. The topological polar surface area (TPSA) is 23.6 Å². The van der Waals surface area contributed by atoms with Crippen molar-refractivity contribution in [3.63, 3.8) is 0 Å². The van der Waals surface area contributed by atoms with E-state index in [-0.39, 0.29) is 5.91 Å². The molecule has 0 saturated carbocycles. The maximum absolute atomic E-state index is 11.3. The van der Waals surface area contributed by atoms with Crippen molar-refractivity contribution in [2.24, 2.45) is 0 Å². The Hall–Kier alpha value is -1.95. The zero-order valence-electron chi connectivity index (χ0n) is 9.10. The van der Waals surface area contributed by atoms with E-state index in [1.54, 1.807) is 4.90 Å². The van der Waals surface area contributed by atoms with Crippen molar-refractivity contribution in [1.82, 2.24) is 4.90 Å². The lowest BCUT2D eigenvalue weighted by molar-refractivity contribution is -0.125. The quantitative estimate of drug-likeness (QED) is 0.650. The second-order valence-corrected chi connectivity index (χ2v) is 3.76. The molecular formula is C13H14N2O. The summed E-state index contributed by atoms with van der Waals surface area (Å²) >= 11 is 0. The van der Waals surface area contributed by atoms with Gasteiger partial charge in [-0.1, -0.05) is 18.2 Å². The lowest BCUT2D eigenvalue weighted by Gasteiger charge is -2.35. The molecule has 1 aromatic carbocycles. The lowest BCUT2D eigenvalue weighted by Crippen LogP contribution is -2.48. The van der Waals surface area contributed by atoms with Crippen molar-refractivity contribution in [1.29, 1.82) is 0 Å². The minimum atomic E-state index is -0.201. The molecule has 1 saturated heterocycles. The number of hydrogen-bond donors (Lipinski definition) is 0. The first kappa shape index (κ1) is 10.6. The predicted molar refractivity (Wildman–Crippen MR) is 64.1 cm³/mol. The molecule has 0 aromatic heterocycles. The minimum absolute atomic E-state index is 0.201. The molecule has 0 bridgehead atoms. The van der Waals surface area contributed by atoms with Crippen LogP contribution in [-0.4, -0.2) is 37.0 Å². The molecule has 0 N–H and O–H groups in total. The van der Waals surface area contributed by atoms with Gasteiger partial charge in [-0.2, -0.15) is 0 Å². The average Bonchev–Trinajstić information content (AvgIpc) is 2.39. The molecular weight excluding hydrogens is 200 g/mol. The first-order chi connectivity index (χ1) is 7.81. The number of benzene rings is 1. The molecule has 0 unspecified atom stereocenters. The number of carbonyl (C=O) groups is 1. The monoisotopic (exact) mass is 214 g/mol. The van der Waals surface area contributed by atoms with E-state index in [9.17, 15) is 4.79 Å². The number of carbonyl (C=O) groups excluding carboxylic acids is 1. The summed E-state index contributed by atoms with van der Waals surface area (Å²) in [7, 11) is 0. The predicted octanol–water partition coefficient (Wildman–Crippen LogP) is 0.968. The normalized spacial score (nSPS) is 15.7. The zero-order chi connectivity index (χ0) is 11.4. The smallest absolute Gasteiger partial charge is 0.298 e. The fourth-order valence-electron chi connectivity index (χ4n) is 1.90. The number of amides is 1. The van der Waals surface area contributed by atoms with Crippen LogP contribution in [-0.2, 0) is 4.79 Å². The van der Waals surface area contributed by atoms with Gasteiger partial charge in [-0.3, -0.25) is 4.79 Å². The molecule has 1 aliphatic rings. The third kappa shape index (κ3) is 2.17. The van der Waals surface area contributed by atoms with Gasteiger partial charge >= 0.3 is 0 Å². The molecule has 16 heavy (non-hydrogen) atoms. The van der Waals surface area contributed by atoms with E-state index >= 15 is 0 Å². The van der Waals surface area contributed by atoms with Crippen LogP contribution in [0.25, 0.3) is 0 Å². The molecule has 1 aliphatic heterocycles. The van der Waals surface area contributed by atoms with Gasteiger partial charge in [-0.05, 0) is 18.1 Å². The molecule has 2 rings (SSSR count). The number of hydrogen-bond acceptors (Lipinski definition) is 2. The highest BCUT2D eigenvalue weighted by atomic mass is 16.2. The van der Waals surface area contributed by atoms with Crippen molar-refractivity contribution >= 4 is 11.6 Å². The van der Waals surface area contributed by atoms with Crippen LogP contribution in [0.4, 0.5) is 5.69 Å². The molecule has 1 fully saturated rings. The second kappa shape index (κ2) is 4.71. The third-order valence-electron chi connectivity index (χ3n) is 2.81. The van der Waals surface area contributed by atoms with E-state index in [0.29, 0.717) is 13.1 Å². The van der Waals surface area contributed by atoms with Crippen LogP contribution in [0.5, 0.6) is 0 Å². The Balaban J connectivity index is 1.96. The Morgan fingerprint density at radius 2 is 1.75 bits per heavy atom. The first-order valence-electron chi connectivity index (χ1n) is 5.37. The Labute approximate surface area is 95.7 Å². The van der Waals surface area contributed by atoms with Gasteiger partial charge in [-0.15, -0.1) is 6.42 Å². The second-order valence-electron chi connectivity index (χ2n) is 3.76. The zero-order valence-corrected chi connectivity index (χ0v) is 9.10. The third-order valence-corrected chi connectivity index (χ3v) is 2.81. The van der Waals surface area contributed by atoms with Crippen LogP contribution in [0.2, 0.25) is 0 Å². The van der Waals surface area contributed by atoms with Crippen LogP contribution in [0, 0.1) is 12.3 Å². The number of nitrogens with zero attached hydrogens (tertiary/aromatic N) is 2. The summed E-state index contributed by atoms with van der Waals surface area (Å²) < 4.78 is 0. The van der Waals surface area contributed by atoms with E-state index in [1.165, 1.54) is 5.69 Å². The average molecular weight is 214 g/mol. The minimum Gasteiger partial charge on any atom is -0.368 e. The molecule has 0 aliphatic carbocycles. The Morgan fingerprint density at radius 3 is 2.31 bits per heavy atom. The van der Waals surface area contributed by atoms with Gasteiger partial charge in [0, 0.05) is 31.9 Å². The Morgan fingerprint density at radius 1 is 1.12 bits per heavy atom. The highest BCUT2D eigenvalue weighted by molar-refractivity contribution is 5.93. The van der Waals surface area contributed by atoms with E-state index in [0.717, 1.165) is 13.1 Å². The van der Waals surface area contributed by atoms with Crippen molar-refractivity contribution in [3.05, 3.63) is 30.3 Å². The molecule has 0 spiro atoms. The van der Waals surface area contributed by atoms with Crippen molar-refractivity contribution in [2.75, 3.05) is 31.1 Å². The maximum atomic E-state index is 11.3. The van der Waals surface area contributed by atoms with Gasteiger partial charge in [0.25, 0.3) is 5.91 Å². The van der Waals surface area contributed by atoms with Crippen LogP contribution in [0.1, 0.15) is 0 Å². The van der Waals surface area contributed by atoms with Gasteiger partial charge in [-0.25, -0.2) is 0 Å². The molecule has 1 heterocycles. The SMILES string of the molecule is C#CC(=O)N1CCN(c2ccccc2)CC1. The first-order valence-corrected chi connectivity index (χ1v) is 5.37. The summed E-state index contributed by atoms with van der Waals surface area (Å²) in [6.45, 7) is 3.10. The lowest BCUT2D eigenvalue weighted by atomic mass is 10.2. The van der Waals surface area contributed by atoms with Crippen LogP contribution >= 0.6 is 0 Å². The van der Waals surface area contributed by atoms with Gasteiger partial charge < -0.3 is 9.80 Å². The van der Waals surface area contributed by atoms with Gasteiger partial charge in [0.1, 0.15) is 0 Å². The van der Waals surface area contributed by atoms with Crippen molar-refractivity contribution < 1.29 is 4.79 Å². The van der Waals surface area contributed by atoms with Crippen LogP contribution < -0.4 is 4.90 Å². The summed E-state index contributed by atoms with van der Waals surface area (Å²) in [5, 5.41) is 0. The van der Waals surface area contributed by atoms with E-state index in [4.69, 9.17) is 6.42 Å². The van der Waals surface area contributed by atoms with Crippen molar-refractivity contribution in [3.8, 4) is 12.3 Å². The standard InChI is InChI=1S/C13H14N2O/c1-2-13(16)15-10-8-14(9-11-15)12-6-4-3-5-7-12/h1,3-7H,8-11H2. The number of terminal acetylenes is 1. The molecule has 0 atom stereocenters. The molecule has 3 nitrogen and oxygen atoms in total. The Bertz CT molecular complexity index is 400. The molecule has 3 heteroatoms. The Kier molecular flexibility index (Phi) is 3.11. The van der Waals surface area contributed by atoms with Crippen LogP contribution in [0.15, 0.2) is 30.3 Å². The maximum Gasteiger partial charge on any atom is 0.298 e. The number of para-hydroxylation sites is 1. The van der Waals surface area contributed by atoms with Gasteiger partial charge in [0.2, 0.25) is 0 Å². The molecule has 0 radical (unpaired) electrons. The fourth-order valence-corrected chi connectivity index (χ4v) is 1.90. The fraction of sp³-hybridized carbons (Fsp3) is 0.308. The van der Waals surface area contributed by atoms with Crippen molar-refractivity contribution in [2.45, 2.75) is 0 Å². The van der Waals surface area contributed by atoms with E-state index < -0.39 is 0 Å². The highest BCUT2D eigenvalue weighted by Crippen LogP contribution is 2.15. The van der Waals surface area contributed by atoms with Crippen LogP contribution in [0.3, 0.4) is 0 Å². The molecule has 1 amide bonds. The number of rotatable bonds is 1. The summed E-state index contributed by atoms with van der Waals surface area (Å²) in [4.78, 5) is 15.3.